The van der Waals surface area contributed by atoms with Crippen LogP contribution in [0.15, 0.2) is 48.5 Å². The summed E-state index contributed by atoms with van der Waals surface area (Å²) in [5, 5.41) is 3.16. The van der Waals surface area contributed by atoms with E-state index in [0.29, 0.717) is 23.7 Å². The predicted octanol–water partition coefficient (Wildman–Crippen LogP) is 3.51. The summed E-state index contributed by atoms with van der Waals surface area (Å²) in [4.78, 5) is 27.9. The number of ether oxygens (including phenoxy) is 4. The van der Waals surface area contributed by atoms with Crippen LogP contribution in [0.1, 0.15) is 20.8 Å². The summed E-state index contributed by atoms with van der Waals surface area (Å²) in [6, 6.07) is 12.4. The topological polar surface area (TPSA) is 86.3 Å². The molecule has 0 aromatic heterocycles. The molecule has 0 aliphatic heterocycles. The maximum atomic E-state index is 13.1. The Kier molecular flexibility index (Phi) is 9.66. The van der Waals surface area contributed by atoms with Crippen LogP contribution in [0.5, 0.6) is 11.5 Å². The van der Waals surface area contributed by atoms with Crippen molar-refractivity contribution in [1.29, 1.82) is 0 Å². The summed E-state index contributed by atoms with van der Waals surface area (Å²) in [7, 11) is 3.16. The van der Waals surface area contributed by atoms with E-state index in [1.807, 2.05) is 24.0 Å². The fourth-order valence-corrected chi connectivity index (χ4v) is 3.35. The smallest absolute Gasteiger partial charge is 0.331 e. The van der Waals surface area contributed by atoms with Gasteiger partial charge in [0, 0.05) is 17.9 Å². The van der Waals surface area contributed by atoms with Crippen molar-refractivity contribution in [2.45, 2.75) is 32.9 Å². The van der Waals surface area contributed by atoms with Gasteiger partial charge in [0.15, 0.2) is 12.1 Å². The quantitative estimate of drug-likeness (QED) is 0.498. The van der Waals surface area contributed by atoms with Gasteiger partial charge < -0.3 is 29.2 Å². The highest BCUT2D eigenvalue weighted by Crippen LogP contribution is 2.25. The van der Waals surface area contributed by atoms with Gasteiger partial charge in [-0.2, -0.15) is 0 Å². The summed E-state index contributed by atoms with van der Waals surface area (Å²) in [6.07, 6.45) is 0. The third-order valence-electron chi connectivity index (χ3n) is 4.88. The first kappa shape index (κ1) is 24.8. The van der Waals surface area contributed by atoms with Crippen molar-refractivity contribution in [2.75, 3.05) is 44.2 Å². The van der Waals surface area contributed by atoms with Crippen molar-refractivity contribution in [3.8, 4) is 11.5 Å². The van der Waals surface area contributed by atoms with Crippen LogP contribution in [0, 0.1) is 0 Å². The molecule has 2 rings (SSSR count). The first-order valence-corrected chi connectivity index (χ1v) is 10.6. The van der Waals surface area contributed by atoms with Crippen molar-refractivity contribution < 1.29 is 28.5 Å². The van der Waals surface area contributed by atoms with Crippen molar-refractivity contribution in [2.24, 2.45) is 0 Å². The van der Waals surface area contributed by atoms with Crippen LogP contribution < -0.4 is 19.7 Å². The summed E-state index contributed by atoms with van der Waals surface area (Å²) < 4.78 is 21.1. The number of rotatable bonds is 12. The van der Waals surface area contributed by atoms with Gasteiger partial charge in [0.05, 0.1) is 27.4 Å². The Labute approximate surface area is 189 Å². The average molecular weight is 445 g/mol. The second-order valence-corrected chi connectivity index (χ2v) is 6.78. The molecule has 0 amide bonds. The van der Waals surface area contributed by atoms with E-state index in [9.17, 15) is 9.59 Å². The number of nitrogens with one attached hydrogen (secondary N) is 1. The Balaban J connectivity index is 2.49. The zero-order valence-electron chi connectivity index (χ0n) is 19.3. The number of esters is 2. The van der Waals surface area contributed by atoms with Gasteiger partial charge in [-0.05, 0) is 69.3 Å². The third-order valence-corrected chi connectivity index (χ3v) is 4.88. The first-order valence-electron chi connectivity index (χ1n) is 10.6. The molecular weight excluding hydrogens is 412 g/mol. The van der Waals surface area contributed by atoms with Crippen LogP contribution in [-0.4, -0.2) is 58.0 Å². The average Bonchev–Trinajstić information content (AvgIpc) is 2.82. The van der Waals surface area contributed by atoms with Gasteiger partial charge in [-0.3, -0.25) is 0 Å². The van der Waals surface area contributed by atoms with Gasteiger partial charge in [-0.15, -0.1) is 0 Å². The number of methoxy groups -OCH3 is 2. The summed E-state index contributed by atoms with van der Waals surface area (Å²) in [5.41, 5.74) is 1.39. The molecule has 2 aromatic carbocycles. The normalized spacial score (nSPS) is 12.3. The monoisotopic (exact) mass is 444 g/mol. The van der Waals surface area contributed by atoms with Gasteiger partial charge in [-0.1, -0.05) is 0 Å². The maximum Gasteiger partial charge on any atom is 0.331 e. The molecule has 0 saturated heterocycles. The molecule has 174 valence electrons. The minimum atomic E-state index is -1.01. The highest BCUT2D eigenvalue weighted by atomic mass is 16.5. The van der Waals surface area contributed by atoms with Crippen molar-refractivity contribution >= 4 is 23.3 Å². The van der Waals surface area contributed by atoms with E-state index in [0.717, 1.165) is 5.69 Å². The lowest BCUT2D eigenvalue weighted by Crippen LogP contribution is -2.56. The molecule has 8 nitrogen and oxygen atoms in total. The van der Waals surface area contributed by atoms with E-state index in [2.05, 4.69) is 5.32 Å². The number of carbonyl (C=O) groups is 2. The lowest BCUT2D eigenvalue weighted by molar-refractivity contribution is -0.152. The molecule has 1 N–H and O–H groups in total. The van der Waals surface area contributed by atoms with Crippen molar-refractivity contribution in [3.63, 3.8) is 0 Å². The number of benzene rings is 2. The molecule has 0 aliphatic rings. The molecule has 32 heavy (non-hydrogen) atoms. The molecule has 0 unspecified atom stereocenters. The Morgan fingerprint density at radius 3 is 1.78 bits per heavy atom. The zero-order valence-corrected chi connectivity index (χ0v) is 19.3. The molecule has 2 atom stereocenters. The lowest BCUT2D eigenvalue weighted by atomic mass is 10.0. The SMILES string of the molecule is CCOC(=O)[C@@H](Nc1ccc(OC)cc1)[C@H](C(=O)OCC)N(CC)c1ccc(OC)cc1. The van der Waals surface area contributed by atoms with Gasteiger partial charge in [0.25, 0.3) is 0 Å². The fourth-order valence-electron chi connectivity index (χ4n) is 3.35. The lowest BCUT2D eigenvalue weighted by Gasteiger charge is -2.36. The van der Waals surface area contributed by atoms with E-state index in [1.165, 1.54) is 0 Å². The molecule has 0 radical (unpaired) electrons. The molecule has 0 heterocycles. The van der Waals surface area contributed by atoms with Crippen LogP contribution >= 0.6 is 0 Å². The highest BCUT2D eigenvalue weighted by Gasteiger charge is 2.40. The molecule has 0 bridgehead atoms. The highest BCUT2D eigenvalue weighted by molar-refractivity contribution is 5.92. The number of hydrogen-bond acceptors (Lipinski definition) is 8. The first-order chi connectivity index (χ1) is 15.5. The van der Waals surface area contributed by atoms with E-state index in [4.69, 9.17) is 18.9 Å². The Bertz CT molecular complexity index is 854. The second kappa shape index (κ2) is 12.4. The number of anilines is 2. The van der Waals surface area contributed by atoms with Crippen molar-refractivity contribution in [1.82, 2.24) is 0 Å². The molecular formula is C24H32N2O6. The molecule has 8 heteroatoms. The molecule has 0 aliphatic carbocycles. The number of nitrogens with zero attached hydrogens (tertiary/aromatic N) is 1. The van der Waals surface area contributed by atoms with Crippen LogP contribution in [0.2, 0.25) is 0 Å². The van der Waals surface area contributed by atoms with Crippen molar-refractivity contribution in [3.05, 3.63) is 48.5 Å². The number of likely N-dealkylation sites (N-methyl/N-ethyl adjacent to an activating group) is 1. The Morgan fingerprint density at radius 2 is 1.31 bits per heavy atom. The summed E-state index contributed by atoms with van der Waals surface area (Å²) in [6.45, 7) is 6.19. The van der Waals surface area contributed by atoms with Gasteiger partial charge >= 0.3 is 11.9 Å². The van der Waals surface area contributed by atoms with Crippen LogP contribution in [0.3, 0.4) is 0 Å². The molecule has 0 fully saturated rings. The van der Waals surface area contributed by atoms with E-state index >= 15 is 0 Å². The predicted molar refractivity (Wildman–Crippen MR) is 123 cm³/mol. The minimum absolute atomic E-state index is 0.184. The fraction of sp³-hybridized carbons (Fsp3) is 0.417. The minimum Gasteiger partial charge on any atom is -0.497 e. The maximum absolute atomic E-state index is 13.1. The summed E-state index contributed by atoms with van der Waals surface area (Å²) >= 11 is 0. The van der Waals surface area contributed by atoms with Crippen LogP contribution in [-0.2, 0) is 19.1 Å². The summed E-state index contributed by atoms with van der Waals surface area (Å²) in [5.74, 6) is 0.298. The van der Waals surface area contributed by atoms with E-state index in [-0.39, 0.29) is 13.2 Å². The number of carbonyl (C=O) groups excluding carboxylic acids is 2. The zero-order chi connectivity index (χ0) is 23.5. The largest absolute Gasteiger partial charge is 0.497 e. The second-order valence-electron chi connectivity index (χ2n) is 6.78. The van der Waals surface area contributed by atoms with Gasteiger partial charge in [0.2, 0.25) is 0 Å². The van der Waals surface area contributed by atoms with Crippen LogP contribution in [0.4, 0.5) is 11.4 Å². The third kappa shape index (κ3) is 6.29. The molecule has 0 spiro atoms. The van der Waals surface area contributed by atoms with E-state index < -0.39 is 24.0 Å². The number of hydrogen-bond donors (Lipinski definition) is 1. The Morgan fingerprint density at radius 1 is 0.812 bits per heavy atom. The van der Waals surface area contributed by atoms with Gasteiger partial charge in [-0.25, -0.2) is 9.59 Å². The van der Waals surface area contributed by atoms with E-state index in [1.54, 1.807) is 64.5 Å². The van der Waals surface area contributed by atoms with Crippen LogP contribution in [0.25, 0.3) is 0 Å². The molecule has 0 saturated carbocycles. The Hall–Kier alpha value is -3.42. The van der Waals surface area contributed by atoms with Gasteiger partial charge in [0.1, 0.15) is 11.5 Å². The standard InChI is InChI=1S/C24H32N2O6/c1-6-26(18-11-15-20(30-5)16-12-18)22(24(28)32-8-3)21(23(27)31-7-2)25-17-9-13-19(29-4)14-10-17/h9-16,21-22,25H,6-8H2,1-5H3/t21-,22+/m0/s1. The molecule has 2 aromatic rings.